The second-order valence-corrected chi connectivity index (χ2v) is 9.77. The second-order valence-electron chi connectivity index (χ2n) is 9.77. The first kappa shape index (κ1) is 23.6. The number of rotatable bonds is 7. The fourth-order valence-electron chi connectivity index (χ4n) is 4.32. The molecule has 0 saturated carbocycles. The molecule has 0 bridgehead atoms. The van der Waals surface area contributed by atoms with Gasteiger partial charge in [0.15, 0.2) is 0 Å². The van der Waals surface area contributed by atoms with Crippen LogP contribution in [0.25, 0.3) is 16.6 Å². The molecular formula is C27H28N6O3. The van der Waals surface area contributed by atoms with Crippen LogP contribution in [0.1, 0.15) is 26.3 Å². The van der Waals surface area contributed by atoms with Crippen molar-refractivity contribution in [1.29, 1.82) is 5.26 Å². The number of hydrogen-bond acceptors (Lipinski definition) is 8. The summed E-state index contributed by atoms with van der Waals surface area (Å²) in [7, 11) is 0. The molecule has 0 amide bonds. The first-order valence-electron chi connectivity index (χ1n) is 11.9. The number of aliphatic hydroxyl groups is 1. The minimum Gasteiger partial charge on any atom is -0.489 e. The Morgan fingerprint density at radius 3 is 2.72 bits per heavy atom. The lowest BCUT2D eigenvalue weighted by Gasteiger charge is -2.19. The van der Waals surface area contributed by atoms with Gasteiger partial charge in [-0.2, -0.15) is 10.4 Å². The van der Waals surface area contributed by atoms with Crippen LogP contribution < -0.4 is 14.4 Å². The molecule has 0 spiro atoms. The number of aromatic nitrogens is 4. The van der Waals surface area contributed by atoms with E-state index in [1.54, 1.807) is 37.0 Å². The molecule has 1 saturated heterocycles. The topological polar surface area (TPSA) is 109 Å². The lowest BCUT2D eigenvalue weighted by Crippen LogP contribution is -2.27. The van der Waals surface area contributed by atoms with E-state index >= 15 is 0 Å². The van der Waals surface area contributed by atoms with Gasteiger partial charge in [-0.1, -0.05) is 13.0 Å². The molecule has 5 rings (SSSR count). The third-order valence-electron chi connectivity index (χ3n) is 6.14. The van der Waals surface area contributed by atoms with Crippen molar-refractivity contribution >= 4 is 11.3 Å². The van der Waals surface area contributed by atoms with Gasteiger partial charge in [-0.25, -0.2) is 14.5 Å². The Morgan fingerprint density at radius 2 is 2.03 bits per heavy atom. The summed E-state index contributed by atoms with van der Waals surface area (Å²) in [6.07, 6.45) is 6.80. The molecular weight excluding hydrogens is 456 g/mol. The molecule has 4 aromatic heterocycles. The van der Waals surface area contributed by atoms with Gasteiger partial charge in [-0.15, -0.1) is 0 Å². The van der Waals surface area contributed by atoms with Gasteiger partial charge in [0.25, 0.3) is 0 Å². The van der Waals surface area contributed by atoms with E-state index in [9.17, 15) is 10.4 Å². The summed E-state index contributed by atoms with van der Waals surface area (Å²) in [6, 6.07) is 13.7. The van der Waals surface area contributed by atoms with Crippen molar-refractivity contribution in [1.82, 2.24) is 19.6 Å². The molecule has 1 unspecified atom stereocenters. The van der Waals surface area contributed by atoms with Gasteiger partial charge < -0.3 is 19.5 Å². The van der Waals surface area contributed by atoms with Crippen LogP contribution in [0.3, 0.4) is 0 Å². The number of ether oxygens (including phenoxy) is 2. The molecule has 1 aliphatic rings. The van der Waals surface area contributed by atoms with Crippen LogP contribution in [0.2, 0.25) is 0 Å². The largest absolute Gasteiger partial charge is 0.489 e. The highest BCUT2D eigenvalue weighted by Gasteiger charge is 2.32. The van der Waals surface area contributed by atoms with Gasteiger partial charge in [0, 0.05) is 42.0 Å². The van der Waals surface area contributed by atoms with Crippen molar-refractivity contribution in [3.8, 4) is 28.8 Å². The van der Waals surface area contributed by atoms with Gasteiger partial charge >= 0.3 is 0 Å². The van der Waals surface area contributed by atoms with E-state index in [4.69, 9.17) is 14.5 Å². The monoisotopic (exact) mass is 484 g/mol. The van der Waals surface area contributed by atoms with E-state index in [0.29, 0.717) is 28.6 Å². The van der Waals surface area contributed by atoms with Crippen LogP contribution in [0.4, 0.5) is 5.82 Å². The summed E-state index contributed by atoms with van der Waals surface area (Å²) < 4.78 is 13.6. The van der Waals surface area contributed by atoms with E-state index in [1.165, 1.54) is 6.20 Å². The average Bonchev–Trinajstić information content (AvgIpc) is 3.45. The molecule has 5 heterocycles. The van der Waals surface area contributed by atoms with Gasteiger partial charge in [0.05, 0.1) is 35.6 Å². The fraction of sp³-hybridized carbons (Fsp3) is 0.333. The highest BCUT2D eigenvalue weighted by Crippen LogP contribution is 2.32. The zero-order valence-electron chi connectivity index (χ0n) is 20.5. The second kappa shape index (κ2) is 9.47. The summed E-state index contributed by atoms with van der Waals surface area (Å²) in [5.41, 5.74) is 1.78. The number of nitrogens with zero attached hydrogens (tertiary/aromatic N) is 6. The number of hydrogen-bond donors (Lipinski definition) is 1. The van der Waals surface area contributed by atoms with Crippen LogP contribution in [-0.4, -0.2) is 56.1 Å². The number of nitriles is 1. The van der Waals surface area contributed by atoms with E-state index < -0.39 is 5.60 Å². The van der Waals surface area contributed by atoms with Crippen LogP contribution in [0.5, 0.6) is 11.6 Å². The number of pyridine rings is 3. The van der Waals surface area contributed by atoms with E-state index in [-0.39, 0.29) is 12.7 Å². The summed E-state index contributed by atoms with van der Waals surface area (Å²) >= 11 is 0. The first-order valence-corrected chi connectivity index (χ1v) is 11.9. The van der Waals surface area contributed by atoms with Crippen molar-refractivity contribution < 1.29 is 14.6 Å². The Hall–Kier alpha value is -4.16. The molecule has 9 heteroatoms. The third-order valence-corrected chi connectivity index (χ3v) is 6.14. The van der Waals surface area contributed by atoms with E-state index in [2.05, 4.69) is 28.0 Å². The van der Waals surface area contributed by atoms with Crippen LogP contribution in [0, 0.1) is 17.2 Å². The first-order chi connectivity index (χ1) is 17.3. The minimum atomic E-state index is -0.981. The molecule has 1 fully saturated rings. The summed E-state index contributed by atoms with van der Waals surface area (Å²) in [6.45, 7) is 7.20. The summed E-state index contributed by atoms with van der Waals surface area (Å²) in [5.74, 6) is 2.35. The van der Waals surface area contributed by atoms with Gasteiger partial charge in [0.1, 0.15) is 30.3 Å². The molecule has 9 nitrogen and oxygen atoms in total. The standard InChI is InChI=1S/C27H28N6O3/c1-18-14-32(16-23(18)36-25-6-4-5-9-29-25)24-8-7-19(12-30-24)22-10-21(35-17-27(2,3)34)15-33-26(22)20(11-28)13-31-33/h4-10,12-13,15,18,23,34H,14,16-17H2,1-3H3/t18-,23?/m1/s1. The molecule has 0 aliphatic carbocycles. The molecule has 0 aromatic carbocycles. The minimum absolute atomic E-state index is 0.0237. The SMILES string of the molecule is C[C@@H]1CN(c2ccc(-c3cc(OCC(C)(C)O)cn4ncc(C#N)c34)cn2)CC1Oc1ccccn1. The smallest absolute Gasteiger partial charge is 0.213 e. The molecule has 2 atom stereocenters. The van der Waals surface area contributed by atoms with Gasteiger partial charge in [0.2, 0.25) is 5.88 Å². The van der Waals surface area contributed by atoms with Crippen LogP contribution >= 0.6 is 0 Å². The maximum absolute atomic E-state index is 10.1. The molecule has 36 heavy (non-hydrogen) atoms. The van der Waals surface area contributed by atoms with Crippen molar-refractivity contribution in [2.75, 3.05) is 24.6 Å². The number of fused-ring (bicyclic) bond motifs is 1. The third kappa shape index (κ3) is 4.95. The molecule has 0 radical (unpaired) electrons. The molecule has 4 aromatic rings. The molecule has 1 N–H and O–H groups in total. The van der Waals surface area contributed by atoms with Crippen molar-refractivity contribution in [3.05, 3.63) is 66.7 Å². The lowest BCUT2D eigenvalue weighted by atomic mass is 10.1. The highest BCUT2D eigenvalue weighted by atomic mass is 16.5. The van der Waals surface area contributed by atoms with Crippen molar-refractivity contribution in [2.45, 2.75) is 32.5 Å². The Balaban J connectivity index is 1.40. The van der Waals surface area contributed by atoms with Gasteiger partial charge in [-0.05, 0) is 38.1 Å². The Bertz CT molecular complexity index is 1390. The number of anilines is 1. The van der Waals surface area contributed by atoms with Crippen molar-refractivity contribution in [3.63, 3.8) is 0 Å². The Labute approximate surface area is 209 Å². The predicted octanol–water partition coefficient (Wildman–Crippen LogP) is 3.72. The van der Waals surface area contributed by atoms with Crippen LogP contribution in [0.15, 0.2) is 61.2 Å². The van der Waals surface area contributed by atoms with Crippen molar-refractivity contribution in [2.24, 2.45) is 5.92 Å². The zero-order chi connectivity index (χ0) is 25.3. The van der Waals surface area contributed by atoms with E-state index in [0.717, 1.165) is 30.0 Å². The quantitative estimate of drug-likeness (QED) is 0.423. The van der Waals surface area contributed by atoms with E-state index in [1.807, 2.05) is 36.4 Å². The molecule has 184 valence electrons. The maximum Gasteiger partial charge on any atom is 0.213 e. The Kier molecular flexibility index (Phi) is 6.20. The Morgan fingerprint density at radius 1 is 1.17 bits per heavy atom. The van der Waals surface area contributed by atoms with Gasteiger partial charge in [-0.3, -0.25) is 0 Å². The summed E-state index contributed by atoms with van der Waals surface area (Å²) in [5, 5.41) is 24.0. The molecule has 1 aliphatic heterocycles. The fourth-order valence-corrected chi connectivity index (χ4v) is 4.32. The predicted molar refractivity (Wildman–Crippen MR) is 135 cm³/mol. The average molecular weight is 485 g/mol. The zero-order valence-corrected chi connectivity index (χ0v) is 20.5. The highest BCUT2D eigenvalue weighted by molar-refractivity contribution is 5.85. The van der Waals surface area contributed by atoms with Crippen LogP contribution in [-0.2, 0) is 0 Å². The lowest BCUT2D eigenvalue weighted by molar-refractivity contribution is 0.0283. The normalized spacial score (nSPS) is 17.8. The maximum atomic E-state index is 10.1. The summed E-state index contributed by atoms with van der Waals surface area (Å²) in [4.78, 5) is 11.2.